The van der Waals surface area contributed by atoms with Crippen LogP contribution in [0.3, 0.4) is 0 Å². The number of nitrogens with zero attached hydrogens (tertiary/aromatic N) is 2. The van der Waals surface area contributed by atoms with Crippen LogP contribution in [0.25, 0.3) is 0 Å². The monoisotopic (exact) mass is 301 g/mol. The summed E-state index contributed by atoms with van der Waals surface area (Å²) in [6.07, 6.45) is 3.07. The summed E-state index contributed by atoms with van der Waals surface area (Å²) in [5.41, 5.74) is 1.40. The molecule has 1 fully saturated rings. The lowest BCUT2D eigenvalue weighted by atomic mass is 9.86. The maximum Gasteiger partial charge on any atom is 0.107 e. The summed E-state index contributed by atoms with van der Waals surface area (Å²) in [6, 6.07) is 11.4. The molecule has 21 heavy (non-hydrogen) atoms. The van der Waals surface area contributed by atoms with Crippen LogP contribution in [0.2, 0.25) is 0 Å². The van der Waals surface area contributed by atoms with Crippen LogP contribution < -0.4 is 5.32 Å². The number of piperazine rings is 1. The second-order valence-electron chi connectivity index (χ2n) is 5.93. The highest BCUT2D eigenvalue weighted by molar-refractivity contribution is 7.09. The highest BCUT2D eigenvalue weighted by Gasteiger charge is 2.38. The number of nitrogens with one attached hydrogen (secondary N) is 1. The molecule has 0 bridgehead atoms. The lowest BCUT2D eigenvalue weighted by Gasteiger charge is -2.48. The fourth-order valence-electron chi connectivity index (χ4n) is 3.08. The Morgan fingerprint density at radius 3 is 2.86 bits per heavy atom. The summed E-state index contributed by atoms with van der Waals surface area (Å²) < 4.78 is 0. The van der Waals surface area contributed by atoms with Crippen molar-refractivity contribution in [2.75, 3.05) is 13.1 Å². The molecule has 1 aliphatic heterocycles. The molecule has 2 heterocycles. The minimum Gasteiger partial charge on any atom is -0.311 e. The topological polar surface area (TPSA) is 28.2 Å². The summed E-state index contributed by atoms with van der Waals surface area (Å²) in [4.78, 5) is 7.07. The molecule has 0 saturated carbocycles. The van der Waals surface area contributed by atoms with E-state index in [-0.39, 0.29) is 5.54 Å². The van der Waals surface area contributed by atoms with E-state index in [1.807, 2.05) is 6.20 Å². The number of thiazole rings is 1. The fraction of sp³-hybridized carbons (Fsp3) is 0.471. The second kappa shape index (κ2) is 6.26. The van der Waals surface area contributed by atoms with Crippen LogP contribution in [-0.2, 0) is 12.1 Å². The van der Waals surface area contributed by atoms with Crippen molar-refractivity contribution in [1.29, 1.82) is 0 Å². The van der Waals surface area contributed by atoms with Crippen molar-refractivity contribution in [3.05, 3.63) is 52.5 Å². The van der Waals surface area contributed by atoms with Gasteiger partial charge in [-0.3, -0.25) is 4.90 Å². The van der Waals surface area contributed by atoms with Crippen molar-refractivity contribution >= 4 is 11.3 Å². The van der Waals surface area contributed by atoms with Crippen molar-refractivity contribution in [3.63, 3.8) is 0 Å². The van der Waals surface area contributed by atoms with Gasteiger partial charge >= 0.3 is 0 Å². The normalized spacial score (nSPS) is 26.9. The number of aromatic nitrogens is 1. The van der Waals surface area contributed by atoms with Crippen LogP contribution in [-0.4, -0.2) is 29.0 Å². The molecule has 0 amide bonds. The first-order valence-corrected chi connectivity index (χ1v) is 8.52. The molecular formula is C17H23N3S. The molecule has 1 saturated heterocycles. The van der Waals surface area contributed by atoms with Crippen molar-refractivity contribution in [2.24, 2.45) is 0 Å². The molecule has 2 unspecified atom stereocenters. The van der Waals surface area contributed by atoms with Crippen LogP contribution >= 0.6 is 11.3 Å². The number of benzene rings is 1. The molecule has 112 valence electrons. The van der Waals surface area contributed by atoms with Crippen molar-refractivity contribution in [1.82, 2.24) is 15.2 Å². The lowest BCUT2D eigenvalue weighted by Crippen LogP contribution is -2.60. The Morgan fingerprint density at radius 1 is 1.38 bits per heavy atom. The third-order valence-electron chi connectivity index (χ3n) is 4.57. The van der Waals surface area contributed by atoms with Crippen molar-refractivity contribution in [2.45, 2.75) is 38.4 Å². The standard InChI is InChI=1S/C17H23N3S/c1-3-15-11-20(12-16-18-9-10-21-16)17(2,13-19-15)14-7-5-4-6-8-14/h4-10,15,19H,3,11-13H2,1-2H3. The average molecular weight is 301 g/mol. The molecule has 1 N–H and O–H groups in total. The zero-order valence-electron chi connectivity index (χ0n) is 12.7. The molecular weight excluding hydrogens is 278 g/mol. The van der Waals surface area contributed by atoms with E-state index in [4.69, 9.17) is 0 Å². The predicted octanol–water partition coefficient (Wildman–Crippen LogP) is 3.24. The Bertz CT molecular complexity index is 555. The maximum atomic E-state index is 4.48. The smallest absolute Gasteiger partial charge is 0.107 e. The SMILES string of the molecule is CCC1CN(Cc2nccs2)C(C)(c2ccccc2)CN1. The Kier molecular flexibility index (Phi) is 4.38. The lowest BCUT2D eigenvalue weighted by molar-refractivity contribution is 0.0411. The minimum atomic E-state index is 0.0264. The molecule has 1 aliphatic rings. The first-order valence-electron chi connectivity index (χ1n) is 7.64. The van der Waals surface area contributed by atoms with Crippen LogP contribution in [0.1, 0.15) is 30.8 Å². The summed E-state index contributed by atoms with van der Waals surface area (Å²) in [6.45, 7) is 7.59. The molecule has 0 spiro atoms. The Labute approximate surface area is 131 Å². The van der Waals surface area contributed by atoms with E-state index in [0.29, 0.717) is 6.04 Å². The van der Waals surface area contributed by atoms with Gasteiger partial charge in [0.25, 0.3) is 0 Å². The molecule has 4 heteroatoms. The first-order chi connectivity index (χ1) is 10.2. The van der Waals surface area contributed by atoms with Gasteiger partial charge in [0.15, 0.2) is 0 Å². The third kappa shape index (κ3) is 3.03. The molecule has 0 aliphatic carbocycles. The molecule has 2 aromatic rings. The van der Waals surface area contributed by atoms with Gasteiger partial charge in [-0.2, -0.15) is 0 Å². The van der Waals surface area contributed by atoms with Gasteiger partial charge < -0.3 is 5.32 Å². The Hall–Kier alpha value is -1.23. The fourth-order valence-corrected chi connectivity index (χ4v) is 3.71. The average Bonchev–Trinajstić information content (AvgIpc) is 3.03. The third-order valence-corrected chi connectivity index (χ3v) is 5.34. The molecule has 0 radical (unpaired) electrons. The van der Waals surface area contributed by atoms with Gasteiger partial charge in [-0.1, -0.05) is 37.3 Å². The van der Waals surface area contributed by atoms with E-state index in [1.54, 1.807) is 11.3 Å². The van der Waals surface area contributed by atoms with Gasteiger partial charge in [0.05, 0.1) is 12.1 Å². The predicted molar refractivity (Wildman–Crippen MR) is 88.4 cm³/mol. The van der Waals surface area contributed by atoms with Gasteiger partial charge in [-0.05, 0) is 18.9 Å². The van der Waals surface area contributed by atoms with Gasteiger partial charge in [-0.15, -0.1) is 11.3 Å². The zero-order valence-corrected chi connectivity index (χ0v) is 13.6. The van der Waals surface area contributed by atoms with E-state index in [2.05, 4.69) is 64.8 Å². The summed E-state index contributed by atoms with van der Waals surface area (Å²) in [5, 5.41) is 6.98. The highest BCUT2D eigenvalue weighted by atomic mass is 32.1. The molecule has 1 aromatic carbocycles. The number of hydrogen-bond donors (Lipinski definition) is 1. The van der Waals surface area contributed by atoms with E-state index < -0.39 is 0 Å². The highest BCUT2D eigenvalue weighted by Crippen LogP contribution is 2.32. The summed E-state index contributed by atoms with van der Waals surface area (Å²) in [5.74, 6) is 0. The van der Waals surface area contributed by atoms with Gasteiger partial charge in [0, 0.05) is 30.7 Å². The summed E-state index contributed by atoms with van der Waals surface area (Å²) >= 11 is 1.75. The van der Waals surface area contributed by atoms with Crippen molar-refractivity contribution in [3.8, 4) is 0 Å². The Balaban J connectivity index is 1.89. The van der Waals surface area contributed by atoms with Crippen LogP contribution in [0.4, 0.5) is 0 Å². The number of hydrogen-bond acceptors (Lipinski definition) is 4. The van der Waals surface area contributed by atoms with Crippen LogP contribution in [0.5, 0.6) is 0 Å². The molecule has 2 atom stereocenters. The quantitative estimate of drug-likeness (QED) is 0.939. The Morgan fingerprint density at radius 2 is 2.19 bits per heavy atom. The molecule has 3 nitrogen and oxygen atoms in total. The summed E-state index contributed by atoms with van der Waals surface area (Å²) in [7, 11) is 0. The van der Waals surface area contributed by atoms with Crippen LogP contribution in [0.15, 0.2) is 41.9 Å². The van der Waals surface area contributed by atoms with Gasteiger partial charge in [0.1, 0.15) is 5.01 Å². The van der Waals surface area contributed by atoms with E-state index in [0.717, 1.165) is 19.6 Å². The second-order valence-corrected chi connectivity index (χ2v) is 6.91. The van der Waals surface area contributed by atoms with Gasteiger partial charge in [-0.25, -0.2) is 4.98 Å². The maximum absolute atomic E-state index is 4.48. The molecule has 1 aromatic heterocycles. The van der Waals surface area contributed by atoms with Crippen molar-refractivity contribution < 1.29 is 0 Å². The van der Waals surface area contributed by atoms with E-state index in [1.165, 1.54) is 17.0 Å². The molecule has 3 rings (SSSR count). The first kappa shape index (κ1) is 14.7. The van der Waals surface area contributed by atoms with Gasteiger partial charge in [0.2, 0.25) is 0 Å². The van der Waals surface area contributed by atoms with Crippen LogP contribution in [0, 0.1) is 0 Å². The number of rotatable bonds is 4. The largest absolute Gasteiger partial charge is 0.311 e. The minimum absolute atomic E-state index is 0.0264. The zero-order chi connectivity index (χ0) is 14.7. The van der Waals surface area contributed by atoms with E-state index >= 15 is 0 Å². The van der Waals surface area contributed by atoms with E-state index in [9.17, 15) is 0 Å².